The molecule has 0 unspecified atom stereocenters. The van der Waals surface area contributed by atoms with Crippen LogP contribution in [0.25, 0.3) is 0 Å². The van der Waals surface area contributed by atoms with Gasteiger partial charge in [0.05, 0.1) is 6.04 Å². The standard InChI is InChI=1S/C20H20FN3O/c1-15(24-14-6-13-22-24)20(25)23(2)19(16-7-4-3-5-8-16)17-9-11-18(21)12-10-17/h3-15,19H,1-2H3/t15-,19+/m1/s1. The molecule has 2 atom stereocenters. The van der Waals surface area contributed by atoms with E-state index in [1.165, 1.54) is 12.1 Å². The van der Waals surface area contributed by atoms with Crippen LogP contribution < -0.4 is 0 Å². The predicted molar refractivity (Wildman–Crippen MR) is 94.4 cm³/mol. The molecule has 1 aromatic heterocycles. The average molecular weight is 337 g/mol. The third kappa shape index (κ3) is 3.60. The van der Waals surface area contributed by atoms with E-state index in [4.69, 9.17) is 0 Å². The number of hydrogen-bond acceptors (Lipinski definition) is 2. The van der Waals surface area contributed by atoms with Crippen LogP contribution in [0.3, 0.4) is 0 Å². The molecule has 2 aromatic carbocycles. The van der Waals surface area contributed by atoms with Crippen LogP contribution in [0.15, 0.2) is 73.1 Å². The van der Waals surface area contributed by atoms with Gasteiger partial charge in [-0.25, -0.2) is 4.39 Å². The highest BCUT2D eigenvalue weighted by atomic mass is 19.1. The topological polar surface area (TPSA) is 38.1 Å². The van der Waals surface area contributed by atoms with Crippen molar-refractivity contribution in [2.24, 2.45) is 0 Å². The van der Waals surface area contributed by atoms with Crippen LogP contribution in [0.5, 0.6) is 0 Å². The minimum Gasteiger partial charge on any atom is -0.333 e. The SMILES string of the molecule is C[C@H](C(=O)N(C)[C@@H](c1ccccc1)c1ccc(F)cc1)n1cccn1. The molecule has 0 fully saturated rings. The Balaban J connectivity index is 1.96. The van der Waals surface area contributed by atoms with Crippen molar-refractivity contribution in [1.29, 1.82) is 0 Å². The van der Waals surface area contributed by atoms with Gasteiger partial charge in [-0.15, -0.1) is 0 Å². The molecule has 1 heterocycles. The van der Waals surface area contributed by atoms with Crippen LogP contribution in [0.4, 0.5) is 4.39 Å². The number of halogens is 1. The van der Waals surface area contributed by atoms with E-state index in [0.717, 1.165) is 11.1 Å². The Kier molecular flexibility index (Phi) is 4.93. The lowest BCUT2D eigenvalue weighted by molar-refractivity contribution is -0.134. The first kappa shape index (κ1) is 16.9. The molecule has 0 aliphatic carbocycles. The molecule has 3 aromatic rings. The molecule has 0 aliphatic heterocycles. The highest BCUT2D eigenvalue weighted by Gasteiger charge is 2.27. The van der Waals surface area contributed by atoms with Crippen LogP contribution in [0.1, 0.15) is 30.1 Å². The summed E-state index contributed by atoms with van der Waals surface area (Å²) in [6.45, 7) is 1.82. The highest BCUT2D eigenvalue weighted by molar-refractivity contribution is 5.80. The number of nitrogens with zero attached hydrogens (tertiary/aromatic N) is 3. The van der Waals surface area contributed by atoms with Gasteiger partial charge < -0.3 is 4.90 Å². The van der Waals surface area contributed by atoms with Crippen LogP contribution in [-0.2, 0) is 4.79 Å². The second-order valence-corrected chi connectivity index (χ2v) is 5.98. The summed E-state index contributed by atoms with van der Waals surface area (Å²) in [7, 11) is 1.77. The molecule has 0 bridgehead atoms. The number of carbonyl (C=O) groups is 1. The molecule has 0 saturated heterocycles. The number of benzene rings is 2. The van der Waals surface area contributed by atoms with E-state index in [-0.39, 0.29) is 17.8 Å². The fraction of sp³-hybridized carbons (Fsp3) is 0.200. The lowest BCUT2D eigenvalue weighted by Gasteiger charge is -2.31. The Morgan fingerprint density at radius 3 is 2.28 bits per heavy atom. The van der Waals surface area contributed by atoms with Crippen LogP contribution in [-0.4, -0.2) is 27.6 Å². The van der Waals surface area contributed by atoms with Gasteiger partial charge in [-0.3, -0.25) is 9.48 Å². The molecule has 3 rings (SSSR count). The fourth-order valence-corrected chi connectivity index (χ4v) is 2.96. The summed E-state index contributed by atoms with van der Waals surface area (Å²) < 4.78 is 15.0. The molecule has 25 heavy (non-hydrogen) atoms. The van der Waals surface area contributed by atoms with Crippen molar-refractivity contribution in [2.45, 2.75) is 19.0 Å². The Morgan fingerprint density at radius 2 is 1.68 bits per heavy atom. The summed E-state index contributed by atoms with van der Waals surface area (Å²) in [5, 5.41) is 4.16. The quantitative estimate of drug-likeness (QED) is 0.710. The van der Waals surface area contributed by atoms with Gasteiger partial charge in [0.15, 0.2) is 0 Å². The summed E-state index contributed by atoms with van der Waals surface area (Å²) >= 11 is 0. The number of aromatic nitrogens is 2. The molecule has 0 N–H and O–H groups in total. The van der Waals surface area contributed by atoms with Crippen LogP contribution in [0, 0.1) is 5.82 Å². The smallest absolute Gasteiger partial charge is 0.247 e. The second kappa shape index (κ2) is 7.30. The molecular weight excluding hydrogens is 317 g/mol. The van der Waals surface area contributed by atoms with E-state index in [1.54, 1.807) is 47.2 Å². The van der Waals surface area contributed by atoms with Crippen molar-refractivity contribution in [1.82, 2.24) is 14.7 Å². The van der Waals surface area contributed by atoms with Gasteiger partial charge in [-0.2, -0.15) is 5.10 Å². The zero-order chi connectivity index (χ0) is 17.8. The van der Waals surface area contributed by atoms with E-state index in [9.17, 15) is 9.18 Å². The van der Waals surface area contributed by atoms with Gasteiger partial charge >= 0.3 is 0 Å². The molecule has 128 valence electrons. The number of amides is 1. The van der Waals surface area contributed by atoms with Gasteiger partial charge in [0.2, 0.25) is 5.91 Å². The highest BCUT2D eigenvalue weighted by Crippen LogP contribution is 2.29. The maximum absolute atomic E-state index is 13.3. The van der Waals surface area contributed by atoms with E-state index >= 15 is 0 Å². The third-order valence-electron chi connectivity index (χ3n) is 4.32. The molecule has 1 amide bonds. The van der Waals surface area contributed by atoms with Crippen molar-refractivity contribution in [3.63, 3.8) is 0 Å². The monoisotopic (exact) mass is 337 g/mol. The second-order valence-electron chi connectivity index (χ2n) is 5.98. The number of carbonyl (C=O) groups excluding carboxylic acids is 1. The van der Waals surface area contributed by atoms with Crippen molar-refractivity contribution >= 4 is 5.91 Å². The van der Waals surface area contributed by atoms with Gasteiger partial charge in [0.1, 0.15) is 11.9 Å². The Labute approximate surface area is 146 Å². The third-order valence-corrected chi connectivity index (χ3v) is 4.32. The Bertz CT molecular complexity index is 816. The number of rotatable bonds is 5. The van der Waals surface area contributed by atoms with Crippen molar-refractivity contribution < 1.29 is 9.18 Å². The Morgan fingerprint density at radius 1 is 1.04 bits per heavy atom. The summed E-state index contributed by atoms with van der Waals surface area (Å²) in [4.78, 5) is 14.7. The van der Waals surface area contributed by atoms with Gasteiger partial charge in [-0.1, -0.05) is 42.5 Å². The maximum Gasteiger partial charge on any atom is 0.247 e. The largest absolute Gasteiger partial charge is 0.333 e. The summed E-state index contributed by atoms with van der Waals surface area (Å²) in [5.74, 6) is -0.365. The zero-order valence-corrected chi connectivity index (χ0v) is 14.2. The van der Waals surface area contributed by atoms with E-state index in [2.05, 4.69) is 5.10 Å². The first-order valence-corrected chi connectivity index (χ1v) is 8.14. The van der Waals surface area contributed by atoms with Gasteiger partial charge in [0.25, 0.3) is 0 Å². The van der Waals surface area contributed by atoms with Crippen LogP contribution in [0.2, 0.25) is 0 Å². The maximum atomic E-state index is 13.3. The first-order valence-electron chi connectivity index (χ1n) is 8.14. The molecule has 4 nitrogen and oxygen atoms in total. The summed E-state index contributed by atoms with van der Waals surface area (Å²) in [6.07, 6.45) is 3.42. The normalized spacial score (nSPS) is 13.2. The van der Waals surface area contributed by atoms with E-state index < -0.39 is 6.04 Å². The summed E-state index contributed by atoms with van der Waals surface area (Å²) in [6, 6.07) is 17.1. The van der Waals surface area contributed by atoms with Gasteiger partial charge in [0, 0.05) is 19.4 Å². The van der Waals surface area contributed by atoms with E-state index in [1.807, 2.05) is 37.3 Å². The average Bonchev–Trinajstić information content (AvgIpc) is 3.18. The lowest BCUT2D eigenvalue weighted by atomic mass is 9.97. The lowest BCUT2D eigenvalue weighted by Crippen LogP contribution is -2.36. The predicted octanol–water partition coefficient (Wildman–Crippen LogP) is 3.83. The minimum atomic E-state index is -0.424. The number of hydrogen-bond donors (Lipinski definition) is 0. The molecular formula is C20H20FN3O. The molecule has 0 radical (unpaired) electrons. The number of likely N-dealkylation sites (N-methyl/N-ethyl adjacent to an activating group) is 1. The van der Waals surface area contributed by atoms with Crippen LogP contribution >= 0.6 is 0 Å². The van der Waals surface area contributed by atoms with Crippen molar-refractivity contribution in [3.05, 3.63) is 90.0 Å². The fourth-order valence-electron chi connectivity index (χ4n) is 2.96. The Hall–Kier alpha value is -2.95. The van der Waals surface area contributed by atoms with Gasteiger partial charge in [-0.05, 0) is 36.2 Å². The molecule has 5 heteroatoms. The van der Waals surface area contributed by atoms with Crippen molar-refractivity contribution in [3.8, 4) is 0 Å². The molecule has 0 aliphatic rings. The first-order chi connectivity index (χ1) is 12.1. The zero-order valence-electron chi connectivity index (χ0n) is 14.2. The van der Waals surface area contributed by atoms with Crippen molar-refractivity contribution in [2.75, 3.05) is 7.05 Å². The molecule has 0 saturated carbocycles. The minimum absolute atomic E-state index is 0.0677. The molecule has 0 spiro atoms. The summed E-state index contributed by atoms with van der Waals surface area (Å²) in [5.41, 5.74) is 1.83. The van der Waals surface area contributed by atoms with E-state index in [0.29, 0.717) is 0 Å².